The van der Waals surface area contributed by atoms with Crippen LogP contribution in [-0.2, 0) is 10.0 Å². The zero-order valence-electron chi connectivity index (χ0n) is 8.70. The summed E-state index contributed by atoms with van der Waals surface area (Å²) in [5, 5.41) is 3.10. The molecule has 1 aromatic rings. The van der Waals surface area contributed by atoms with E-state index in [4.69, 9.17) is 17.3 Å². The average molecular weight is 265 g/mol. The number of sulfonamides is 1. The number of nitrogens with one attached hydrogen (secondary N) is 2. The molecule has 0 aliphatic heterocycles. The zero-order chi connectivity index (χ0) is 12.2. The molecule has 0 aliphatic carbocycles. The first-order valence-corrected chi connectivity index (χ1v) is 6.55. The highest BCUT2D eigenvalue weighted by Crippen LogP contribution is 2.17. The third-order valence-corrected chi connectivity index (χ3v) is 3.44. The summed E-state index contributed by atoms with van der Waals surface area (Å²) in [6, 6.07) is 3.16. The van der Waals surface area contributed by atoms with E-state index in [1.54, 1.807) is 12.1 Å². The lowest BCUT2D eigenvalue weighted by atomic mass is 10.4. The number of nitrogens with zero attached hydrogens (tertiary/aromatic N) is 1. The van der Waals surface area contributed by atoms with Crippen molar-refractivity contribution in [1.82, 2.24) is 9.71 Å². The zero-order valence-corrected chi connectivity index (χ0v) is 10.3. The van der Waals surface area contributed by atoms with Gasteiger partial charge in [0.15, 0.2) is 5.82 Å². The van der Waals surface area contributed by atoms with Crippen LogP contribution in [0.5, 0.6) is 0 Å². The minimum Gasteiger partial charge on any atom is -0.396 e. The normalized spacial score (nSPS) is 11.4. The van der Waals surface area contributed by atoms with Crippen molar-refractivity contribution in [3.63, 3.8) is 0 Å². The first-order valence-electron chi connectivity index (χ1n) is 4.52. The molecule has 0 atom stereocenters. The molecule has 0 aromatic carbocycles. The summed E-state index contributed by atoms with van der Waals surface area (Å²) in [6.07, 6.45) is 0. The second-order valence-corrected chi connectivity index (χ2v) is 5.45. The van der Waals surface area contributed by atoms with Gasteiger partial charge in [0.25, 0.3) is 0 Å². The van der Waals surface area contributed by atoms with Crippen molar-refractivity contribution in [2.24, 2.45) is 0 Å². The second kappa shape index (κ2) is 5.33. The Balaban J connectivity index is 2.59. The molecule has 1 rings (SSSR count). The Kier molecular flexibility index (Phi) is 4.34. The van der Waals surface area contributed by atoms with E-state index in [0.717, 1.165) is 0 Å². The second-order valence-electron chi connectivity index (χ2n) is 3.02. The Labute approximate surface area is 99.2 Å². The molecular formula is C8H13ClN4O2S. The summed E-state index contributed by atoms with van der Waals surface area (Å²) in [4.78, 5) is 3.93. The van der Waals surface area contributed by atoms with Crippen LogP contribution >= 0.6 is 11.6 Å². The number of halogens is 1. The van der Waals surface area contributed by atoms with Crippen molar-refractivity contribution >= 4 is 33.1 Å². The predicted molar refractivity (Wildman–Crippen MR) is 65.0 cm³/mol. The fourth-order valence-electron chi connectivity index (χ4n) is 0.994. The number of anilines is 2. The van der Waals surface area contributed by atoms with Crippen LogP contribution < -0.4 is 15.8 Å². The molecular weight excluding hydrogens is 252 g/mol. The molecule has 0 fully saturated rings. The van der Waals surface area contributed by atoms with Gasteiger partial charge in [0.05, 0.1) is 11.4 Å². The van der Waals surface area contributed by atoms with E-state index in [2.05, 4.69) is 15.0 Å². The largest absolute Gasteiger partial charge is 0.396 e. The quantitative estimate of drug-likeness (QED) is 0.664. The lowest BCUT2D eigenvalue weighted by Crippen LogP contribution is -2.26. The van der Waals surface area contributed by atoms with E-state index in [-0.39, 0.29) is 12.3 Å². The maximum atomic E-state index is 11.1. The first-order chi connectivity index (χ1) is 7.44. The Morgan fingerprint density at radius 1 is 1.50 bits per heavy atom. The molecule has 0 unspecified atom stereocenters. The monoisotopic (exact) mass is 264 g/mol. The SMILES string of the molecule is CNS(=O)(=O)CCNc1nc(Cl)ccc1N. The molecule has 0 spiro atoms. The number of rotatable bonds is 5. The highest BCUT2D eigenvalue weighted by Gasteiger charge is 2.07. The van der Waals surface area contributed by atoms with Crippen LogP contribution in [0.2, 0.25) is 5.15 Å². The highest BCUT2D eigenvalue weighted by molar-refractivity contribution is 7.89. The molecule has 0 aliphatic rings. The molecule has 16 heavy (non-hydrogen) atoms. The van der Waals surface area contributed by atoms with E-state index >= 15 is 0 Å². The predicted octanol–water partition coefficient (Wildman–Crippen LogP) is 0.278. The van der Waals surface area contributed by atoms with Crippen molar-refractivity contribution in [1.29, 1.82) is 0 Å². The molecule has 6 nitrogen and oxygen atoms in total. The van der Waals surface area contributed by atoms with E-state index in [1.807, 2.05) is 0 Å². The van der Waals surface area contributed by atoms with Crippen LogP contribution in [0.25, 0.3) is 0 Å². The summed E-state index contributed by atoms with van der Waals surface area (Å²) < 4.78 is 24.4. The van der Waals surface area contributed by atoms with E-state index < -0.39 is 10.0 Å². The van der Waals surface area contributed by atoms with Gasteiger partial charge >= 0.3 is 0 Å². The Bertz CT molecular complexity index is 463. The van der Waals surface area contributed by atoms with E-state index in [9.17, 15) is 8.42 Å². The minimum absolute atomic E-state index is 0.0584. The van der Waals surface area contributed by atoms with Gasteiger partial charge in [-0.1, -0.05) is 11.6 Å². The van der Waals surface area contributed by atoms with Crippen LogP contribution in [-0.4, -0.2) is 32.7 Å². The number of pyridine rings is 1. The third kappa shape index (κ3) is 3.84. The van der Waals surface area contributed by atoms with Crippen molar-refractivity contribution < 1.29 is 8.42 Å². The van der Waals surface area contributed by atoms with Crippen LogP contribution in [0.4, 0.5) is 11.5 Å². The highest BCUT2D eigenvalue weighted by atomic mass is 35.5. The fraction of sp³-hybridized carbons (Fsp3) is 0.375. The van der Waals surface area contributed by atoms with Crippen molar-refractivity contribution in [2.45, 2.75) is 0 Å². The lowest BCUT2D eigenvalue weighted by Gasteiger charge is -2.08. The van der Waals surface area contributed by atoms with Crippen molar-refractivity contribution in [3.05, 3.63) is 17.3 Å². The van der Waals surface area contributed by atoms with Gasteiger partial charge < -0.3 is 11.1 Å². The van der Waals surface area contributed by atoms with Gasteiger partial charge in [-0.2, -0.15) is 0 Å². The Morgan fingerprint density at radius 3 is 2.81 bits per heavy atom. The summed E-state index contributed by atoms with van der Waals surface area (Å²) in [5.41, 5.74) is 6.05. The van der Waals surface area contributed by atoms with Gasteiger partial charge in [-0.05, 0) is 19.2 Å². The topological polar surface area (TPSA) is 97.1 Å². The van der Waals surface area contributed by atoms with Crippen LogP contribution in [0, 0.1) is 0 Å². The van der Waals surface area contributed by atoms with Crippen molar-refractivity contribution in [2.75, 3.05) is 30.4 Å². The maximum Gasteiger partial charge on any atom is 0.213 e. The molecule has 1 aromatic heterocycles. The van der Waals surface area contributed by atoms with Crippen LogP contribution in [0.3, 0.4) is 0 Å². The average Bonchev–Trinajstić information content (AvgIpc) is 2.23. The smallest absolute Gasteiger partial charge is 0.213 e. The molecule has 4 N–H and O–H groups in total. The van der Waals surface area contributed by atoms with Crippen LogP contribution in [0.15, 0.2) is 12.1 Å². The molecule has 0 saturated carbocycles. The van der Waals surface area contributed by atoms with Gasteiger partial charge in [0.1, 0.15) is 5.15 Å². The van der Waals surface area contributed by atoms with E-state index in [1.165, 1.54) is 7.05 Å². The number of nitrogen functional groups attached to an aromatic ring is 1. The number of nitrogens with two attached hydrogens (primary N) is 1. The fourth-order valence-corrected chi connectivity index (χ4v) is 1.72. The van der Waals surface area contributed by atoms with Gasteiger partial charge in [-0.15, -0.1) is 0 Å². The lowest BCUT2D eigenvalue weighted by molar-refractivity contribution is 0.588. The van der Waals surface area contributed by atoms with Crippen molar-refractivity contribution in [3.8, 4) is 0 Å². The van der Waals surface area contributed by atoms with Gasteiger partial charge in [0.2, 0.25) is 10.0 Å². The summed E-state index contributed by atoms with van der Waals surface area (Å²) in [5.74, 6) is 0.329. The molecule has 90 valence electrons. The summed E-state index contributed by atoms with van der Waals surface area (Å²) in [7, 11) is -1.86. The van der Waals surface area contributed by atoms with Crippen LogP contribution in [0.1, 0.15) is 0 Å². The molecule has 0 bridgehead atoms. The van der Waals surface area contributed by atoms with Gasteiger partial charge in [-0.25, -0.2) is 18.1 Å². The number of hydrogen-bond donors (Lipinski definition) is 3. The number of hydrogen-bond acceptors (Lipinski definition) is 5. The standard InChI is InChI=1S/C8H13ClN4O2S/c1-11-16(14,15)5-4-12-8-6(10)2-3-7(9)13-8/h2-3,11H,4-5,10H2,1H3,(H,12,13). The summed E-state index contributed by atoms with van der Waals surface area (Å²) >= 11 is 5.68. The maximum absolute atomic E-state index is 11.1. The molecule has 0 radical (unpaired) electrons. The minimum atomic E-state index is -3.23. The van der Waals surface area contributed by atoms with E-state index in [0.29, 0.717) is 16.7 Å². The first kappa shape index (κ1) is 13.0. The molecule has 0 amide bonds. The molecule has 1 heterocycles. The Morgan fingerprint density at radius 2 is 2.19 bits per heavy atom. The molecule has 0 saturated heterocycles. The molecule has 8 heteroatoms. The van der Waals surface area contributed by atoms with Gasteiger partial charge in [0, 0.05) is 6.54 Å². The Hall–Kier alpha value is -1.05. The van der Waals surface area contributed by atoms with Gasteiger partial charge in [-0.3, -0.25) is 0 Å². The summed E-state index contributed by atoms with van der Waals surface area (Å²) in [6.45, 7) is 0.209. The third-order valence-electron chi connectivity index (χ3n) is 1.87. The number of aromatic nitrogens is 1.